The Kier molecular flexibility index (Phi) is 3.63. The summed E-state index contributed by atoms with van der Waals surface area (Å²) in [5.74, 6) is -14.0. The number of carboxylic acid groups (broad SMARTS) is 1. The van der Waals surface area contributed by atoms with Crippen LogP contribution in [0.2, 0.25) is 0 Å². The molecule has 0 aliphatic carbocycles. The molecule has 0 unspecified atom stereocenters. The minimum Gasteiger partial charge on any atom is -0.478 e. The Bertz CT molecular complexity index is 728. The Balaban J connectivity index is 2.89. The van der Waals surface area contributed by atoms with Gasteiger partial charge in [-0.2, -0.15) is 0 Å². The number of carboxylic acids is 1. The largest absolute Gasteiger partial charge is 0.478 e. The highest BCUT2D eigenvalue weighted by atomic mass is 19.2. The second-order valence-electron chi connectivity index (χ2n) is 3.94. The highest BCUT2D eigenvalue weighted by Crippen LogP contribution is 2.33. The van der Waals surface area contributed by atoms with Crippen LogP contribution in [0.5, 0.6) is 0 Å². The first-order chi connectivity index (χ1) is 9.75. The van der Waals surface area contributed by atoms with Gasteiger partial charge in [0.1, 0.15) is 5.82 Å². The van der Waals surface area contributed by atoms with Crippen LogP contribution in [0.1, 0.15) is 10.4 Å². The smallest absolute Gasteiger partial charge is 0.336 e. The Morgan fingerprint density at radius 1 is 0.810 bits per heavy atom. The molecule has 0 saturated carbocycles. The zero-order valence-electron chi connectivity index (χ0n) is 9.86. The molecule has 0 aliphatic rings. The van der Waals surface area contributed by atoms with E-state index in [2.05, 4.69) is 0 Å². The quantitative estimate of drug-likeness (QED) is 0.519. The zero-order chi connectivity index (χ0) is 15.9. The lowest BCUT2D eigenvalue weighted by atomic mass is 9.98. The molecule has 2 nitrogen and oxygen atoms in total. The van der Waals surface area contributed by atoms with Crippen LogP contribution < -0.4 is 0 Å². The summed E-state index contributed by atoms with van der Waals surface area (Å²) in [5, 5.41) is 8.85. The predicted octanol–water partition coefficient (Wildman–Crippen LogP) is 3.89. The van der Waals surface area contributed by atoms with Crippen LogP contribution in [0.25, 0.3) is 11.1 Å². The van der Waals surface area contributed by atoms with Gasteiger partial charge in [-0.15, -0.1) is 0 Å². The van der Waals surface area contributed by atoms with Gasteiger partial charge in [0.2, 0.25) is 5.82 Å². The molecule has 0 saturated heterocycles. The Morgan fingerprint density at radius 2 is 1.29 bits per heavy atom. The second-order valence-corrected chi connectivity index (χ2v) is 3.94. The van der Waals surface area contributed by atoms with E-state index in [1.54, 1.807) is 0 Å². The summed E-state index contributed by atoms with van der Waals surface area (Å²) in [4.78, 5) is 10.9. The molecular formula is C13H4F6O2. The van der Waals surface area contributed by atoms with Gasteiger partial charge in [-0.1, -0.05) is 6.07 Å². The van der Waals surface area contributed by atoms with E-state index < -0.39 is 57.6 Å². The first-order valence-electron chi connectivity index (χ1n) is 5.30. The first kappa shape index (κ1) is 14.9. The van der Waals surface area contributed by atoms with Crippen molar-refractivity contribution in [2.75, 3.05) is 0 Å². The van der Waals surface area contributed by atoms with Gasteiger partial charge >= 0.3 is 5.97 Å². The molecule has 0 amide bonds. The van der Waals surface area contributed by atoms with Crippen molar-refractivity contribution in [3.05, 3.63) is 58.7 Å². The monoisotopic (exact) mass is 306 g/mol. The van der Waals surface area contributed by atoms with E-state index >= 15 is 0 Å². The Morgan fingerprint density at radius 3 is 1.76 bits per heavy atom. The van der Waals surface area contributed by atoms with Crippen molar-refractivity contribution in [3.63, 3.8) is 0 Å². The SMILES string of the molecule is O=C(O)c1cc(F)ccc1-c1c(F)c(F)c(F)c(F)c1F. The zero-order valence-corrected chi connectivity index (χ0v) is 9.86. The summed E-state index contributed by atoms with van der Waals surface area (Å²) in [6.07, 6.45) is 0. The van der Waals surface area contributed by atoms with E-state index in [-0.39, 0.29) is 0 Å². The lowest BCUT2D eigenvalue weighted by Crippen LogP contribution is -2.07. The van der Waals surface area contributed by atoms with E-state index in [9.17, 15) is 31.1 Å². The molecule has 0 aliphatic heterocycles. The van der Waals surface area contributed by atoms with Crippen LogP contribution in [-0.2, 0) is 0 Å². The van der Waals surface area contributed by atoms with Crippen molar-refractivity contribution in [2.24, 2.45) is 0 Å². The van der Waals surface area contributed by atoms with Crippen molar-refractivity contribution in [1.82, 2.24) is 0 Å². The molecule has 21 heavy (non-hydrogen) atoms. The van der Waals surface area contributed by atoms with Crippen molar-refractivity contribution in [3.8, 4) is 11.1 Å². The molecule has 0 bridgehead atoms. The minimum atomic E-state index is -2.37. The minimum absolute atomic E-state index is 0.412. The van der Waals surface area contributed by atoms with Crippen LogP contribution in [-0.4, -0.2) is 11.1 Å². The average Bonchev–Trinajstić information content (AvgIpc) is 2.44. The Hall–Kier alpha value is -2.51. The molecule has 0 atom stereocenters. The maximum atomic E-state index is 13.6. The molecule has 2 rings (SSSR count). The number of halogens is 6. The third kappa shape index (κ3) is 2.32. The molecule has 0 heterocycles. The summed E-state index contributed by atoms with van der Waals surface area (Å²) in [7, 11) is 0. The van der Waals surface area contributed by atoms with Gasteiger partial charge in [0.25, 0.3) is 0 Å². The summed E-state index contributed by atoms with van der Waals surface area (Å²) < 4.78 is 79.4. The standard InChI is InChI=1S/C13H4F6O2/c14-4-1-2-5(6(3-4)13(20)21)7-8(15)10(17)12(19)11(18)9(7)16/h1-3H,(H,20,21). The average molecular weight is 306 g/mol. The highest BCUT2D eigenvalue weighted by molar-refractivity contribution is 5.96. The second kappa shape index (κ2) is 5.12. The maximum absolute atomic E-state index is 13.6. The summed E-state index contributed by atoms with van der Waals surface area (Å²) in [6, 6.07) is 1.67. The predicted molar refractivity (Wildman–Crippen MR) is 58.6 cm³/mol. The lowest BCUT2D eigenvalue weighted by molar-refractivity contribution is 0.0697. The number of hydrogen-bond acceptors (Lipinski definition) is 1. The molecule has 0 aromatic heterocycles. The highest BCUT2D eigenvalue weighted by Gasteiger charge is 2.28. The molecule has 110 valence electrons. The molecule has 1 N–H and O–H groups in total. The molecule has 0 radical (unpaired) electrons. The van der Waals surface area contributed by atoms with Crippen molar-refractivity contribution in [1.29, 1.82) is 0 Å². The van der Waals surface area contributed by atoms with Crippen molar-refractivity contribution < 1.29 is 36.2 Å². The third-order valence-corrected chi connectivity index (χ3v) is 2.69. The number of benzene rings is 2. The van der Waals surface area contributed by atoms with Crippen LogP contribution in [0.15, 0.2) is 18.2 Å². The molecule has 2 aromatic rings. The summed E-state index contributed by atoms with van der Waals surface area (Å²) in [5.41, 5.74) is -3.18. The molecule has 0 fully saturated rings. The van der Waals surface area contributed by atoms with E-state index in [1.807, 2.05) is 0 Å². The van der Waals surface area contributed by atoms with Gasteiger partial charge in [-0.25, -0.2) is 31.1 Å². The first-order valence-corrected chi connectivity index (χ1v) is 5.30. The number of hydrogen-bond donors (Lipinski definition) is 1. The molecule has 0 spiro atoms. The van der Waals surface area contributed by atoms with Gasteiger partial charge in [0, 0.05) is 5.56 Å². The number of rotatable bonds is 2. The van der Waals surface area contributed by atoms with Crippen LogP contribution in [0.4, 0.5) is 26.3 Å². The van der Waals surface area contributed by atoms with Gasteiger partial charge in [-0.05, 0) is 12.1 Å². The van der Waals surface area contributed by atoms with Crippen LogP contribution in [0, 0.1) is 34.9 Å². The number of carbonyl (C=O) groups is 1. The maximum Gasteiger partial charge on any atom is 0.336 e. The molecule has 8 heteroatoms. The fraction of sp³-hybridized carbons (Fsp3) is 0. The summed E-state index contributed by atoms with van der Waals surface area (Å²) in [6.45, 7) is 0. The fourth-order valence-corrected chi connectivity index (χ4v) is 1.75. The normalized spacial score (nSPS) is 10.8. The topological polar surface area (TPSA) is 37.3 Å². The molecule has 2 aromatic carbocycles. The van der Waals surface area contributed by atoms with Gasteiger partial charge in [-0.3, -0.25) is 0 Å². The van der Waals surface area contributed by atoms with E-state index in [4.69, 9.17) is 5.11 Å². The van der Waals surface area contributed by atoms with Crippen molar-refractivity contribution in [2.45, 2.75) is 0 Å². The Labute approximate surface area is 113 Å². The van der Waals surface area contributed by atoms with E-state index in [1.165, 1.54) is 0 Å². The van der Waals surface area contributed by atoms with Gasteiger partial charge in [0.05, 0.1) is 11.1 Å². The van der Waals surface area contributed by atoms with Crippen LogP contribution in [0.3, 0.4) is 0 Å². The summed E-state index contributed by atoms with van der Waals surface area (Å²) >= 11 is 0. The van der Waals surface area contributed by atoms with E-state index in [0.717, 1.165) is 0 Å². The van der Waals surface area contributed by atoms with Gasteiger partial charge < -0.3 is 5.11 Å². The van der Waals surface area contributed by atoms with E-state index in [0.29, 0.717) is 18.2 Å². The third-order valence-electron chi connectivity index (χ3n) is 2.69. The lowest BCUT2D eigenvalue weighted by Gasteiger charge is -2.11. The van der Waals surface area contributed by atoms with Gasteiger partial charge in [0.15, 0.2) is 23.3 Å². The molecular weight excluding hydrogens is 302 g/mol. The van der Waals surface area contributed by atoms with Crippen LogP contribution >= 0.6 is 0 Å². The fourth-order valence-electron chi connectivity index (χ4n) is 1.75. The van der Waals surface area contributed by atoms with Crippen molar-refractivity contribution >= 4 is 5.97 Å². The number of aromatic carboxylic acids is 1.